The van der Waals surface area contributed by atoms with Crippen molar-refractivity contribution in [3.05, 3.63) is 17.7 Å². The minimum atomic E-state index is -3.85. The summed E-state index contributed by atoms with van der Waals surface area (Å²) in [6, 6.07) is 3.01. The second-order valence-corrected chi connectivity index (χ2v) is 5.90. The molecule has 0 unspecified atom stereocenters. The first kappa shape index (κ1) is 14.1. The molecule has 1 rings (SSSR count). The highest BCUT2D eigenvalue weighted by Crippen LogP contribution is 2.33. The van der Waals surface area contributed by atoms with Gasteiger partial charge in [0.1, 0.15) is 16.4 Å². The number of rotatable bonds is 5. The predicted octanol–water partition coefficient (Wildman–Crippen LogP) is 2.72. The summed E-state index contributed by atoms with van der Waals surface area (Å²) in [4.78, 5) is -0.0601. The highest BCUT2D eigenvalue weighted by molar-refractivity contribution is 8.13. The van der Waals surface area contributed by atoms with Gasteiger partial charge >= 0.3 is 0 Å². The van der Waals surface area contributed by atoms with Crippen LogP contribution in [-0.2, 0) is 9.05 Å². The number of hydrogen-bond donors (Lipinski definition) is 0. The summed E-state index contributed by atoms with van der Waals surface area (Å²) in [6.07, 6.45) is 0. The molecule has 0 aliphatic heterocycles. The largest absolute Gasteiger partial charge is 0.494 e. The van der Waals surface area contributed by atoms with Gasteiger partial charge in [0.2, 0.25) is 0 Å². The molecule has 0 bridgehead atoms. The van der Waals surface area contributed by atoms with E-state index in [-0.39, 0.29) is 10.6 Å². The van der Waals surface area contributed by atoms with Crippen molar-refractivity contribution in [1.29, 1.82) is 0 Å². The monoisotopic (exact) mass is 278 g/mol. The molecule has 1 aromatic rings. The van der Waals surface area contributed by atoms with E-state index < -0.39 is 9.05 Å². The minimum Gasteiger partial charge on any atom is -0.494 e. The first-order valence-corrected chi connectivity index (χ1v) is 7.56. The predicted molar refractivity (Wildman–Crippen MR) is 66.6 cm³/mol. The van der Waals surface area contributed by atoms with Crippen molar-refractivity contribution in [1.82, 2.24) is 0 Å². The van der Waals surface area contributed by atoms with E-state index >= 15 is 0 Å². The highest BCUT2D eigenvalue weighted by Gasteiger charge is 2.19. The summed E-state index contributed by atoms with van der Waals surface area (Å²) in [5.41, 5.74) is 0.805. The summed E-state index contributed by atoms with van der Waals surface area (Å²) >= 11 is 0. The van der Waals surface area contributed by atoms with Gasteiger partial charge in [-0.2, -0.15) is 0 Å². The third-order valence-electron chi connectivity index (χ3n) is 2.10. The molecule has 0 aliphatic carbocycles. The van der Waals surface area contributed by atoms with Crippen LogP contribution in [0.15, 0.2) is 17.0 Å². The molecule has 0 saturated heterocycles. The van der Waals surface area contributed by atoms with Crippen LogP contribution in [0.4, 0.5) is 0 Å². The van der Waals surface area contributed by atoms with Gasteiger partial charge in [0.05, 0.1) is 13.2 Å². The quantitative estimate of drug-likeness (QED) is 0.777. The molecule has 0 aromatic heterocycles. The maximum Gasteiger partial charge on any atom is 0.265 e. The first-order valence-electron chi connectivity index (χ1n) is 5.25. The Morgan fingerprint density at radius 2 is 1.65 bits per heavy atom. The molecule has 0 radical (unpaired) electrons. The van der Waals surface area contributed by atoms with Crippen LogP contribution in [0.5, 0.6) is 11.5 Å². The average molecular weight is 279 g/mol. The van der Waals surface area contributed by atoms with Gasteiger partial charge in [0.25, 0.3) is 9.05 Å². The minimum absolute atomic E-state index is 0.0601. The molecule has 0 fully saturated rings. The van der Waals surface area contributed by atoms with Crippen molar-refractivity contribution in [2.45, 2.75) is 25.7 Å². The van der Waals surface area contributed by atoms with E-state index in [0.29, 0.717) is 19.0 Å². The van der Waals surface area contributed by atoms with Gasteiger partial charge < -0.3 is 9.47 Å². The summed E-state index contributed by atoms with van der Waals surface area (Å²) in [7, 11) is 1.51. The normalized spacial score (nSPS) is 11.3. The van der Waals surface area contributed by atoms with Crippen LogP contribution >= 0.6 is 10.7 Å². The lowest BCUT2D eigenvalue weighted by molar-refractivity contribution is 0.321. The molecule has 96 valence electrons. The van der Waals surface area contributed by atoms with Gasteiger partial charge in [-0.25, -0.2) is 8.42 Å². The third kappa shape index (κ3) is 3.51. The maximum atomic E-state index is 11.4. The molecule has 0 amide bonds. The van der Waals surface area contributed by atoms with Gasteiger partial charge in [-0.15, -0.1) is 0 Å². The van der Waals surface area contributed by atoms with Gasteiger partial charge in [0.15, 0.2) is 0 Å². The van der Waals surface area contributed by atoms with Crippen LogP contribution < -0.4 is 9.47 Å². The number of aryl methyl sites for hydroxylation is 1. The van der Waals surface area contributed by atoms with Gasteiger partial charge in [-0.1, -0.05) is 0 Å². The Hall–Kier alpha value is -0.940. The lowest BCUT2D eigenvalue weighted by Gasteiger charge is -2.13. The molecule has 0 spiro atoms. The lowest BCUT2D eigenvalue weighted by Crippen LogP contribution is -2.02. The second-order valence-electron chi connectivity index (χ2n) is 3.37. The van der Waals surface area contributed by atoms with Crippen LogP contribution in [0.2, 0.25) is 0 Å². The molecular weight excluding hydrogens is 264 g/mol. The second kappa shape index (κ2) is 5.60. The Bertz CT molecular complexity index is 496. The van der Waals surface area contributed by atoms with Gasteiger partial charge in [-0.05, 0) is 32.4 Å². The Labute approximate surface area is 106 Å². The van der Waals surface area contributed by atoms with Crippen LogP contribution in [0.3, 0.4) is 0 Å². The fourth-order valence-corrected chi connectivity index (χ4v) is 2.38. The molecule has 6 heteroatoms. The lowest BCUT2D eigenvalue weighted by atomic mass is 10.2. The van der Waals surface area contributed by atoms with Crippen molar-refractivity contribution < 1.29 is 17.9 Å². The number of halogens is 1. The van der Waals surface area contributed by atoms with Gasteiger partial charge in [-0.3, -0.25) is 0 Å². The number of hydrogen-bond acceptors (Lipinski definition) is 4. The van der Waals surface area contributed by atoms with Crippen molar-refractivity contribution in [3.8, 4) is 11.5 Å². The Kier molecular flexibility index (Phi) is 4.65. The maximum absolute atomic E-state index is 11.4. The standard InChI is InChI=1S/C11H15ClO4S/c1-4-15-9-7-11(17(12,13)14)10(16-5-2)6-8(9)3/h6-7H,4-5H2,1-3H3. The van der Waals surface area contributed by atoms with Crippen molar-refractivity contribution >= 4 is 19.7 Å². The van der Waals surface area contributed by atoms with E-state index in [2.05, 4.69) is 0 Å². The zero-order valence-electron chi connectivity index (χ0n) is 9.99. The third-order valence-corrected chi connectivity index (χ3v) is 3.45. The molecular formula is C11H15ClO4S. The number of benzene rings is 1. The highest BCUT2D eigenvalue weighted by atomic mass is 35.7. The van der Waals surface area contributed by atoms with Crippen molar-refractivity contribution in [2.75, 3.05) is 13.2 Å². The van der Waals surface area contributed by atoms with E-state index in [4.69, 9.17) is 20.2 Å². The molecule has 0 aliphatic rings. The molecule has 0 N–H and O–H groups in total. The topological polar surface area (TPSA) is 52.6 Å². The van der Waals surface area contributed by atoms with Crippen molar-refractivity contribution in [3.63, 3.8) is 0 Å². The smallest absolute Gasteiger partial charge is 0.265 e. The Morgan fingerprint density at radius 1 is 1.12 bits per heavy atom. The molecule has 0 atom stereocenters. The Balaban J connectivity index is 3.37. The first-order chi connectivity index (χ1) is 7.90. The van der Waals surface area contributed by atoms with Crippen LogP contribution in [0.25, 0.3) is 0 Å². The van der Waals surface area contributed by atoms with E-state index in [1.54, 1.807) is 13.0 Å². The fraction of sp³-hybridized carbons (Fsp3) is 0.455. The SMILES string of the molecule is CCOc1cc(S(=O)(=O)Cl)c(OCC)cc1C. The van der Waals surface area contributed by atoms with E-state index in [1.807, 2.05) is 13.8 Å². The van der Waals surface area contributed by atoms with Crippen LogP contribution in [0.1, 0.15) is 19.4 Å². The van der Waals surface area contributed by atoms with Crippen LogP contribution in [0, 0.1) is 6.92 Å². The molecule has 4 nitrogen and oxygen atoms in total. The summed E-state index contributed by atoms with van der Waals surface area (Å²) < 4.78 is 33.4. The zero-order chi connectivity index (χ0) is 13.1. The molecule has 0 heterocycles. The Morgan fingerprint density at radius 3 is 2.12 bits per heavy atom. The summed E-state index contributed by atoms with van der Waals surface area (Å²) in [5.74, 6) is 0.749. The molecule has 17 heavy (non-hydrogen) atoms. The van der Waals surface area contributed by atoms with E-state index in [1.165, 1.54) is 6.07 Å². The molecule has 1 aromatic carbocycles. The van der Waals surface area contributed by atoms with Crippen LogP contribution in [-0.4, -0.2) is 21.6 Å². The van der Waals surface area contributed by atoms with Gasteiger partial charge in [0, 0.05) is 16.7 Å². The zero-order valence-corrected chi connectivity index (χ0v) is 11.6. The van der Waals surface area contributed by atoms with Crippen molar-refractivity contribution in [2.24, 2.45) is 0 Å². The fourth-order valence-electron chi connectivity index (χ4n) is 1.41. The average Bonchev–Trinajstić information content (AvgIpc) is 2.20. The summed E-state index contributed by atoms with van der Waals surface area (Å²) in [5, 5.41) is 0. The number of ether oxygens (including phenoxy) is 2. The van der Waals surface area contributed by atoms with E-state index in [0.717, 1.165) is 5.56 Å². The summed E-state index contributed by atoms with van der Waals surface area (Å²) in [6.45, 7) is 6.24. The molecule has 0 saturated carbocycles. The van der Waals surface area contributed by atoms with E-state index in [9.17, 15) is 8.42 Å².